The maximum absolute atomic E-state index is 11.7. The molecule has 0 bridgehead atoms. The molecule has 1 atom stereocenters. The maximum Gasteiger partial charge on any atom is 0.291 e. The number of Topliss-reactive ketones (excluding diaryl/α,β-unsaturated/α-hetero) is 1. The van der Waals surface area contributed by atoms with E-state index in [1.807, 2.05) is 0 Å². The van der Waals surface area contributed by atoms with Gasteiger partial charge in [-0.3, -0.25) is 14.9 Å². The Morgan fingerprint density at radius 1 is 1.30 bits per heavy atom. The molecule has 0 saturated heterocycles. The van der Waals surface area contributed by atoms with E-state index in [0.29, 0.717) is 0 Å². The van der Waals surface area contributed by atoms with Gasteiger partial charge in [0.05, 0.1) is 10.8 Å². The van der Waals surface area contributed by atoms with Crippen LogP contribution in [0.1, 0.15) is 32.3 Å². The van der Waals surface area contributed by atoms with Crippen LogP contribution in [-0.4, -0.2) is 25.4 Å². The molecular formula is C13H17NO5S. The van der Waals surface area contributed by atoms with Gasteiger partial charge in [0.2, 0.25) is 0 Å². The molecule has 0 amide bonds. The van der Waals surface area contributed by atoms with Crippen molar-refractivity contribution in [3.05, 3.63) is 33.9 Å². The first kappa shape index (κ1) is 16.3. The molecular weight excluding hydrogens is 282 g/mol. The molecule has 7 heteroatoms. The van der Waals surface area contributed by atoms with Crippen molar-refractivity contribution in [2.24, 2.45) is 5.92 Å². The van der Waals surface area contributed by atoms with E-state index in [0.717, 1.165) is 6.26 Å². The number of carbonyl (C=O) groups is 1. The third-order valence-electron chi connectivity index (χ3n) is 3.05. The number of hydrogen-bond donors (Lipinski definition) is 0. The highest BCUT2D eigenvalue weighted by Crippen LogP contribution is 2.36. The average molecular weight is 299 g/mol. The van der Waals surface area contributed by atoms with Crippen LogP contribution in [0.4, 0.5) is 5.69 Å². The van der Waals surface area contributed by atoms with Crippen LogP contribution in [0.15, 0.2) is 23.1 Å². The van der Waals surface area contributed by atoms with Gasteiger partial charge in [0.15, 0.2) is 9.84 Å². The van der Waals surface area contributed by atoms with Crippen molar-refractivity contribution in [2.45, 2.75) is 31.6 Å². The van der Waals surface area contributed by atoms with Crippen LogP contribution in [0.2, 0.25) is 0 Å². The summed E-state index contributed by atoms with van der Waals surface area (Å²) in [5, 5.41) is 11.3. The number of carbonyl (C=O) groups excluding carboxylic acids is 1. The quantitative estimate of drug-likeness (QED) is 0.614. The molecule has 20 heavy (non-hydrogen) atoms. The lowest BCUT2D eigenvalue weighted by Gasteiger charge is -2.19. The highest BCUT2D eigenvalue weighted by atomic mass is 32.2. The fourth-order valence-electron chi connectivity index (χ4n) is 2.33. The number of hydrogen-bond acceptors (Lipinski definition) is 5. The molecule has 1 unspecified atom stereocenters. The number of para-hydroxylation sites is 1. The van der Waals surface area contributed by atoms with E-state index in [-0.39, 0.29) is 22.2 Å². The standard InChI is InChI=1S/C13H17NO5S/c1-8(2)12(9(3)15)10-6-5-7-11(20(4,18)19)13(10)14(16)17/h5-8,12H,1-4H3. The molecule has 1 aromatic carbocycles. The van der Waals surface area contributed by atoms with Gasteiger partial charge in [0, 0.05) is 11.8 Å². The van der Waals surface area contributed by atoms with Crippen LogP contribution in [-0.2, 0) is 14.6 Å². The van der Waals surface area contributed by atoms with Gasteiger partial charge in [-0.15, -0.1) is 0 Å². The summed E-state index contributed by atoms with van der Waals surface area (Å²) in [6.45, 7) is 4.88. The molecule has 0 heterocycles. The normalized spacial score (nSPS) is 13.2. The minimum absolute atomic E-state index is 0.153. The summed E-state index contributed by atoms with van der Waals surface area (Å²) >= 11 is 0. The van der Waals surface area contributed by atoms with E-state index < -0.39 is 26.4 Å². The van der Waals surface area contributed by atoms with E-state index in [4.69, 9.17) is 0 Å². The highest BCUT2D eigenvalue weighted by Gasteiger charge is 2.33. The lowest BCUT2D eigenvalue weighted by molar-refractivity contribution is -0.388. The third-order valence-corrected chi connectivity index (χ3v) is 4.18. The Morgan fingerprint density at radius 2 is 1.85 bits per heavy atom. The summed E-state index contributed by atoms with van der Waals surface area (Å²) in [4.78, 5) is 21.9. The van der Waals surface area contributed by atoms with E-state index in [9.17, 15) is 23.3 Å². The number of nitro groups is 1. The number of nitro benzene ring substituents is 1. The van der Waals surface area contributed by atoms with Gasteiger partial charge in [0.1, 0.15) is 10.7 Å². The van der Waals surface area contributed by atoms with Crippen LogP contribution in [0, 0.1) is 16.0 Å². The number of benzene rings is 1. The van der Waals surface area contributed by atoms with Crippen molar-refractivity contribution in [1.29, 1.82) is 0 Å². The first-order valence-corrected chi connectivity index (χ1v) is 7.94. The lowest BCUT2D eigenvalue weighted by Crippen LogP contribution is -2.18. The highest BCUT2D eigenvalue weighted by molar-refractivity contribution is 7.90. The second-order valence-electron chi connectivity index (χ2n) is 5.06. The molecule has 0 aliphatic carbocycles. The van der Waals surface area contributed by atoms with Crippen LogP contribution in [0.3, 0.4) is 0 Å². The molecule has 0 radical (unpaired) electrons. The number of nitrogens with zero attached hydrogens (tertiary/aromatic N) is 1. The molecule has 110 valence electrons. The monoisotopic (exact) mass is 299 g/mol. The smallest absolute Gasteiger partial charge is 0.291 e. The molecule has 0 N–H and O–H groups in total. The van der Waals surface area contributed by atoms with Gasteiger partial charge in [-0.1, -0.05) is 26.0 Å². The SMILES string of the molecule is CC(=O)C(c1cccc(S(C)(=O)=O)c1[N+](=O)[O-])C(C)C. The summed E-state index contributed by atoms with van der Waals surface area (Å²) in [5.74, 6) is -1.09. The van der Waals surface area contributed by atoms with Gasteiger partial charge in [0.25, 0.3) is 5.69 Å². The van der Waals surface area contributed by atoms with E-state index in [1.165, 1.54) is 25.1 Å². The van der Waals surface area contributed by atoms with Crippen molar-refractivity contribution >= 4 is 21.3 Å². The van der Waals surface area contributed by atoms with Gasteiger partial charge < -0.3 is 0 Å². The van der Waals surface area contributed by atoms with E-state index in [2.05, 4.69) is 0 Å². The van der Waals surface area contributed by atoms with Gasteiger partial charge in [-0.2, -0.15) is 0 Å². The molecule has 0 saturated carbocycles. The van der Waals surface area contributed by atoms with Crippen LogP contribution >= 0.6 is 0 Å². The Balaban J connectivity index is 3.72. The molecule has 1 aromatic rings. The predicted octanol–water partition coefficient (Wildman–Crippen LogP) is 2.33. The van der Waals surface area contributed by atoms with Gasteiger partial charge >= 0.3 is 0 Å². The molecule has 0 aromatic heterocycles. The van der Waals surface area contributed by atoms with Gasteiger partial charge in [-0.05, 0) is 18.9 Å². The predicted molar refractivity (Wildman–Crippen MR) is 74.5 cm³/mol. The summed E-state index contributed by atoms with van der Waals surface area (Å²) < 4.78 is 23.4. The third kappa shape index (κ3) is 3.22. The summed E-state index contributed by atoms with van der Waals surface area (Å²) in [5.41, 5.74) is -0.343. The summed E-state index contributed by atoms with van der Waals surface area (Å²) in [7, 11) is -3.74. The van der Waals surface area contributed by atoms with Crippen molar-refractivity contribution in [2.75, 3.05) is 6.26 Å². The fraction of sp³-hybridized carbons (Fsp3) is 0.462. The number of sulfone groups is 1. The topological polar surface area (TPSA) is 94.3 Å². The minimum Gasteiger partial charge on any atom is -0.299 e. The Morgan fingerprint density at radius 3 is 2.20 bits per heavy atom. The number of ketones is 1. The zero-order chi connectivity index (χ0) is 15.7. The molecule has 0 fully saturated rings. The van der Waals surface area contributed by atoms with E-state index >= 15 is 0 Å². The Kier molecular flexibility index (Phi) is 4.65. The van der Waals surface area contributed by atoms with Gasteiger partial charge in [-0.25, -0.2) is 8.42 Å². The maximum atomic E-state index is 11.7. The Labute approximate surface area is 117 Å². The molecule has 0 spiro atoms. The van der Waals surface area contributed by atoms with Crippen molar-refractivity contribution in [3.8, 4) is 0 Å². The molecule has 0 aliphatic heterocycles. The first-order chi connectivity index (χ1) is 9.07. The lowest BCUT2D eigenvalue weighted by atomic mass is 9.84. The van der Waals surface area contributed by atoms with Crippen molar-refractivity contribution in [1.82, 2.24) is 0 Å². The largest absolute Gasteiger partial charge is 0.299 e. The average Bonchev–Trinajstić information content (AvgIpc) is 2.26. The molecule has 6 nitrogen and oxygen atoms in total. The Hall–Kier alpha value is -1.76. The number of rotatable bonds is 5. The van der Waals surface area contributed by atoms with Crippen molar-refractivity contribution in [3.63, 3.8) is 0 Å². The zero-order valence-corrected chi connectivity index (χ0v) is 12.6. The van der Waals surface area contributed by atoms with Crippen LogP contribution in [0.5, 0.6) is 0 Å². The second kappa shape index (κ2) is 5.70. The minimum atomic E-state index is -3.74. The fourth-order valence-corrected chi connectivity index (χ4v) is 3.20. The zero-order valence-electron chi connectivity index (χ0n) is 11.8. The first-order valence-electron chi connectivity index (χ1n) is 6.05. The second-order valence-corrected chi connectivity index (χ2v) is 7.04. The van der Waals surface area contributed by atoms with E-state index in [1.54, 1.807) is 13.8 Å². The summed E-state index contributed by atoms with van der Waals surface area (Å²) in [6.07, 6.45) is 0.914. The summed E-state index contributed by atoms with van der Waals surface area (Å²) in [6, 6.07) is 4.06. The van der Waals surface area contributed by atoms with Crippen molar-refractivity contribution < 1.29 is 18.1 Å². The van der Waals surface area contributed by atoms with Crippen LogP contribution in [0.25, 0.3) is 0 Å². The Bertz CT molecular complexity index is 649. The molecule has 0 aliphatic rings. The molecule has 1 rings (SSSR count). The van der Waals surface area contributed by atoms with Crippen LogP contribution < -0.4 is 0 Å².